The van der Waals surface area contributed by atoms with Crippen molar-refractivity contribution in [3.8, 4) is 61.3 Å². The van der Waals surface area contributed by atoms with Crippen LogP contribution in [0, 0.1) is 0 Å². The third-order valence-electron chi connectivity index (χ3n) is 13.0. The first-order valence-corrected chi connectivity index (χ1v) is 22.7. The Morgan fingerprint density at radius 3 is 1.53 bits per heavy atom. The van der Waals surface area contributed by atoms with Crippen molar-refractivity contribution in [2.75, 3.05) is 4.90 Å². The Labute approximate surface area is 385 Å². The fourth-order valence-electron chi connectivity index (χ4n) is 9.87. The van der Waals surface area contributed by atoms with Gasteiger partial charge in [-0.15, -0.1) is 0 Å². The number of benzene rings is 11. The van der Waals surface area contributed by atoms with E-state index in [9.17, 15) is 0 Å². The Morgan fingerprint density at radius 1 is 0.258 bits per heavy atom. The molecule has 310 valence electrons. The Bertz CT molecular complexity index is 3640. The molecule has 12 aromatic rings. The van der Waals surface area contributed by atoms with Crippen molar-refractivity contribution in [1.82, 2.24) is 4.57 Å². The minimum Gasteiger partial charge on any atom is -0.310 e. The molecule has 11 aromatic carbocycles. The Kier molecular flexibility index (Phi) is 9.89. The topological polar surface area (TPSA) is 8.17 Å². The molecular weight excluding hydrogens is 797 g/mol. The zero-order valence-corrected chi connectivity index (χ0v) is 36.3. The lowest BCUT2D eigenvalue weighted by Crippen LogP contribution is -2.11. The lowest BCUT2D eigenvalue weighted by atomic mass is 9.86. The molecule has 0 radical (unpaired) electrons. The predicted molar refractivity (Wildman–Crippen MR) is 280 cm³/mol. The van der Waals surface area contributed by atoms with Gasteiger partial charge in [0.1, 0.15) is 0 Å². The molecule has 2 heteroatoms. The van der Waals surface area contributed by atoms with Gasteiger partial charge >= 0.3 is 0 Å². The van der Waals surface area contributed by atoms with E-state index in [1.807, 2.05) is 0 Å². The highest BCUT2D eigenvalue weighted by atomic mass is 15.1. The molecule has 0 bridgehead atoms. The number of rotatable bonds is 9. The summed E-state index contributed by atoms with van der Waals surface area (Å²) in [6.45, 7) is 0. The van der Waals surface area contributed by atoms with Crippen LogP contribution in [0.1, 0.15) is 0 Å². The average Bonchev–Trinajstić information content (AvgIpc) is 3.74. The first-order chi connectivity index (χ1) is 32.7. The van der Waals surface area contributed by atoms with Crippen LogP contribution in [0.25, 0.3) is 93.9 Å². The van der Waals surface area contributed by atoms with Gasteiger partial charge in [-0.3, -0.25) is 0 Å². The van der Waals surface area contributed by atoms with Crippen LogP contribution in [0.3, 0.4) is 0 Å². The summed E-state index contributed by atoms with van der Waals surface area (Å²) in [6, 6.07) is 97.1. The van der Waals surface area contributed by atoms with Gasteiger partial charge in [0.15, 0.2) is 0 Å². The summed E-state index contributed by atoms with van der Waals surface area (Å²) in [4.78, 5) is 2.44. The lowest BCUT2D eigenvalue weighted by Gasteiger charge is -2.29. The third-order valence-corrected chi connectivity index (χ3v) is 13.0. The van der Waals surface area contributed by atoms with Crippen LogP contribution in [0.5, 0.6) is 0 Å². The zero-order chi connectivity index (χ0) is 43.8. The molecule has 0 aliphatic carbocycles. The molecule has 0 amide bonds. The first kappa shape index (κ1) is 38.9. The van der Waals surface area contributed by atoms with Crippen molar-refractivity contribution in [2.45, 2.75) is 0 Å². The first-order valence-electron chi connectivity index (χ1n) is 22.7. The van der Waals surface area contributed by atoms with Gasteiger partial charge in [-0.2, -0.15) is 0 Å². The summed E-state index contributed by atoms with van der Waals surface area (Å²) in [7, 11) is 0. The van der Waals surface area contributed by atoms with E-state index in [1.54, 1.807) is 0 Å². The molecule has 12 rings (SSSR count). The van der Waals surface area contributed by atoms with Gasteiger partial charge in [0, 0.05) is 33.4 Å². The molecule has 1 aromatic heterocycles. The van der Waals surface area contributed by atoms with E-state index in [-0.39, 0.29) is 0 Å². The minimum absolute atomic E-state index is 1.06. The van der Waals surface area contributed by atoms with Crippen LogP contribution in [-0.2, 0) is 0 Å². The SMILES string of the molecule is c1ccc(-c2ccc(-c3ccccc3N(c3ccc(-n4c5ccccc5c5ccccc54)cc3)c3cccc(-c4ccc5ccccc5c4)c3)c(-c3ccccc3-c3ccccc3)c2)cc1. The van der Waals surface area contributed by atoms with Gasteiger partial charge < -0.3 is 9.47 Å². The van der Waals surface area contributed by atoms with E-state index in [1.165, 1.54) is 71.5 Å². The molecule has 0 N–H and O–H groups in total. The molecule has 0 aliphatic heterocycles. The summed E-state index contributed by atoms with van der Waals surface area (Å²) >= 11 is 0. The van der Waals surface area contributed by atoms with Crippen LogP contribution in [0.4, 0.5) is 17.1 Å². The van der Waals surface area contributed by atoms with Gasteiger partial charge in [0.05, 0.1) is 16.7 Å². The van der Waals surface area contributed by atoms with Gasteiger partial charge in [0.25, 0.3) is 0 Å². The summed E-state index contributed by atoms with van der Waals surface area (Å²) in [6.07, 6.45) is 0. The highest BCUT2D eigenvalue weighted by molar-refractivity contribution is 6.09. The van der Waals surface area contributed by atoms with E-state index in [4.69, 9.17) is 0 Å². The average molecular weight is 841 g/mol. The predicted octanol–water partition coefficient (Wildman–Crippen LogP) is 17.7. The van der Waals surface area contributed by atoms with Crippen molar-refractivity contribution < 1.29 is 0 Å². The van der Waals surface area contributed by atoms with Crippen molar-refractivity contribution in [3.63, 3.8) is 0 Å². The van der Waals surface area contributed by atoms with Crippen LogP contribution in [-0.4, -0.2) is 4.57 Å². The van der Waals surface area contributed by atoms with Gasteiger partial charge in [0.2, 0.25) is 0 Å². The van der Waals surface area contributed by atoms with Gasteiger partial charge in [-0.05, 0) is 128 Å². The van der Waals surface area contributed by atoms with Crippen LogP contribution in [0.2, 0.25) is 0 Å². The van der Waals surface area contributed by atoms with E-state index in [2.05, 4.69) is 276 Å². The van der Waals surface area contributed by atoms with E-state index in [0.29, 0.717) is 0 Å². The maximum absolute atomic E-state index is 2.44. The molecule has 66 heavy (non-hydrogen) atoms. The summed E-state index contributed by atoms with van der Waals surface area (Å²) in [5.41, 5.74) is 18.5. The second-order valence-corrected chi connectivity index (χ2v) is 16.9. The number of anilines is 3. The van der Waals surface area contributed by atoms with Gasteiger partial charge in [-0.1, -0.05) is 200 Å². The quantitative estimate of drug-likeness (QED) is 0.141. The second kappa shape index (κ2) is 16.8. The monoisotopic (exact) mass is 840 g/mol. The fourth-order valence-corrected chi connectivity index (χ4v) is 9.87. The molecule has 0 saturated carbocycles. The van der Waals surface area contributed by atoms with E-state index >= 15 is 0 Å². The number of nitrogens with zero attached hydrogens (tertiary/aromatic N) is 2. The Hall–Kier alpha value is -8.72. The molecule has 0 unspecified atom stereocenters. The molecule has 0 atom stereocenters. The summed E-state index contributed by atoms with van der Waals surface area (Å²) < 4.78 is 2.39. The van der Waals surface area contributed by atoms with Crippen LogP contribution >= 0.6 is 0 Å². The molecule has 0 aliphatic rings. The summed E-state index contributed by atoms with van der Waals surface area (Å²) in [5, 5.41) is 4.96. The van der Waals surface area contributed by atoms with E-state index in [0.717, 1.165) is 39.4 Å². The van der Waals surface area contributed by atoms with E-state index < -0.39 is 0 Å². The van der Waals surface area contributed by atoms with Crippen LogP contribution < -0.4 is 4.90 Å². The molecule has 1 heterocycles. The number of aromatic nitrogens is 1. The maximum Gasteiger partial charge on any atom is 0.0541 e. The largest absolute Gasteiger partial charge is 0.310 e. The Morgan fingerprint density at radius 2 is 0.788 bits per heavy atom. The van der Waals surface area contributed by atoms with Crippen LogP contribution in [0.15, 0.2) is 267 Å². The standard InChI is InChI=1S/C64H44N2/c1-3-18-45(19-4-1)51-36-41-57(61(44-51)56-27-10-9-26-55(56)47-21-5-2-6-22-47)58-28-11-14-31-62(58)65(54-25-17-24-49(43-54)50-35-34-46-20-7-8-23-48(46)42-50)52-37-39-53(40-38-52)66-63-32-15-12-29-59(63)60-30-13-16-33-64(60)66/h1-44H. The number of hydrogen-bond donors (Lipinski definition) is 0. The van der Waals surface area contributed by atoms with Crippen molar-refractivity contribution in [2.24, 2.45) is 0 Å². The lowest BCUT2D eigenvalue weighted by molar-refractivity contribution is 1.17. The second-order valence-electron chi connectivity index (χ2n) is 16.9. The molecule has 0 fully saturated rings. The third kappa shape index (κ3) is 7.02. The number of para-hydroxylation sites is 3. The Balaban J connectivity index is 1.07. The zero-order valence-electron chi connectivity index (χ0n) is 36.3. The number of hydrogen-bond acceptors (Lipinski definition) is 1. The molecule has 0 spiro atoms. The molecule has 0 saturated heterocycles. The highest BCUT2D eigenvalue weighted by Gasteiger charge is 2.22. The van der Waals surface area contributed by atoms with Crippen molar-refractivity contribution in [3.05, 3.63) is 267 Å². The number of fused-ring (bicyclic) bond motifs is 4. The van der Waals surface area contributed by atoms with Gasteiger partial charge in [-0.25, -0.2) is 0 Å². The normalized spacial score (nSPS) is 11.3. The smallest absolute Gasteiger partial charge is 0.0541 e. The maximum atomic E-state index is 2.44. The summed E-state index contributed by atoms with van der Waals surface area (Å²) in [5.74, 6) is 0. The van der Waals surface area contributed by atoms with Crippen molar-refractivity contribution >= 4 is 49.6 Å². The molecular formula is C64H44N2. The molecule has 2 nitrogen and oxygen atoms in total. The van der Waals surface area contributed by atoms with Crippen molar-refractivity contribution in [1.29, 1.82) is 0 Å². The fraction of sp³-hybridized carbons (Fsp3) is 0. The highest BCUT2D eigenvalue weighted by Crippen LogP contribution is 2.47. The minimum atomic E-state index is 1.06.